The third kappa shape index (κ3) is 2.82. The van der Waals surface area contributed by atoms with Crippen LogP contribution in [0.4, 0.5) is 0 Å². The average Bonchev–Trinajstić information content (AvgIpc) is 2.31. The molecule has 3 heteroatoms. The minimum Gasteiger partial charge on any atom is -0.325 e. The number of aromatic nitrogens is 1. The lowest BCUT2D eigenvalue weighted by molar-refractivity contribution is 0.930. The molecule has 0 spiro atoms. The lowest BCUT2D eigenvalue weighted by atomic mass is 10.3. The third-order valence-corrected chi connectivity index (χ3v) is 2.00. The summed E-state index contributed by atoms with van der Waals surface area (Å²) < 4.78 is 0. The first-order valence-electron chi connectivity index (χ1n) is 3.54. The highest BCUT2D eigenvalue weighted by molar-refractivity contribution is 7.09. The molecule has 0 bridgehead atoms. The molecular weight excluding hydrogens is 156 g/mol. The van der Waals surface area contributed by atoms with Gasteiger partial charge in [-0.15, -0.1) is 11.3 Å². The Morgan fingerprint density at radius 2 is 2.45 bits per heavy atom. The first-order valence-corrected chi connectivity index (χ1v) is 4.42. The number of nitrogens with zero attached hydrogens (tertiary/aromatic N) is 1. The molecule has 0 saturated carbocycles. The zero-order valence-electron chi connectivity index (χ0n) is 6.74. The van der Waals surface area contributed by atoms with Crippen molar-refractivity contribution in [1.82, 2.24) is 4.98 Å². The number of rotatable bonds is 2. The molecule has 1 rings (SSSR count). The molecule has 0 saturated heterocycles. The van der Waals surface area contributed by atoms with Gasteiger partial charge in [-0.3, -0.25) is 0 Å². The maximum absolute atomic E-state index is 5.54. The molecule has 0 aliphatic rings. The maximum atomic E-state index is 5.54. The molecule has 0 amide bonds. The van der Waals surface area contributed by atoms with Crippen molar-refractivity contribution in [2.75, 3.05) is 0 Å². The second kappa shape index (κ2) is 3.64. The Kier molecular flexibility index (Phi) is 2.79. The molecule has 0 aliphatic heterocycles. The predicted molar refractivity (Wildman–Crippen MR) is 49.5 cm³/mol. The summed E-state index contributed by atoms with van der Waals surface area (Å²) in [5.41, 5.74) is 6.54. The normalized spacial score (nSPS) is 14.1. The largest absolute Gasteiger partial charge is 0.325 e. The number of nitrogens with two attached hydrogens (primary N) is 1. The van der Waals surface area contributed by atoms with Gasteiger partial charge in [-0.05, 0) is 19.9 Å². The molecule has 1 atom stereocenters. The van der Waals surface area contributed by atoms with Crippen molar-refractivity contribution >= 4 is 17.4 Å². The Hall–Kier alpha value is -0.670. The van der Waals surface area contributed by atoms with E-state index in [1.54, 1.807) is 11.3 Å². The van der Waals surface area contributed by atoms with E-state index < -0.39 is 0 Å². The highest BCUT2D eigenvalue weighted by atomic mass is 32.1. The summed E-state index contributed by atoms with van der Waals surface area (Å²) >= 11 is 1.65. The standard InChI is InChI=1S/C8H12N2S/c1-6(9)3-4-8-5-11-7(2)10-8/h3-6H,9H2,1-2H3/b4-3+. The van der Waals surface area contributed by atoms with E-state index in [1.807, 2.05) is 31.4 Å². The predicted octanol–water partition coefficient (Wildman–Crippen LogP) is 1.81. The quantitative estimate of drug-likeness (QED) is 0.731. The smallest absolute Gasteiger partial charge is 0.0901 e. The van der Waals surface area contributed by atoms with Crippen molar-refractivity contribution in [3.63, 3.8) is 0 Å². The van der Waals surface area contributed by atoms with E-state index in [0.29, 0.717) is 0 Å². The van der Waals surface area contributed by atoms with Gasteiger partial charge in [0.1, 0.15) is 0 Å². The molecule has 1 aromatic heterocycles. The molecule has 2 N–H and O–H groups in total. The molecule has 0 radical (unpaired) electrons. The zero-order chi connectivity index (χ0) is 8.27. The van der Waals surface area contributed by atoms with Crippen molar-refractivity contribution in [1.29, 1.82) is 0 Å². The van der Waals surface area contributed by atoms with Crippen molar-refractivity contribution in [2.24, 2.45) is 5.73 Å². The van der Waals surface area contributed by atoms with Gasteiger partial charge in [0.25, 0.3) is 0 Å². The fourth-order valence-electron chi connectivity index (χ4n) is 0.707. The van der Waals surface area contributed by atoms with Crippen molar-refractivity contribution in [3.05, 3.63) is 22.2 Å². The molecule has 60 valence electrons. The monoisotopic (exact) mass is 168 g/mol. The fraction of sp³-hybridized carbons (Fsp3) is 0.375. The van der Waals surface area contributed by atoms with E-state index in [-0.39, 0.29) is 6.04 Å². The Morgan fingerprint density at radius 3 is 2.91 bits per heavy atom. The molecule has 0 fully saturated rings. The summed E-state index contributed by atoms with van der Waals surface area (Å²) in [6.45, 7) is 3.93. The Bertz CT molecular complexity index is 250. The molecule has 0 aliphatic carbocycles. The minimum atomic E-state index is 0.108. The SMILES string of the molecule is Cc1nc(/C=C/C(C)N)cs1. The van der Waals surface area contributed by atoms with Crippen LogP contribution in [0.5, 0.6) is 0 Å². The van der Waals surface area contributed by atoms with Crippen LogP contribution in [0.25, 0.3) is 6.08 Å². The van der Waals surface area contributed by atoms with Crippen molar-refractivity contribution in [3.8, 4) is 0 Å². The van der Waals surface area contributed by atoms with E-state index in [0.717, 1.165) is 10.7 Å². The molecular formula is C8H12N2S. The van der Waals surface area contributed by atoms with Crippen LogP contribution in [0.1, 0.15) is 17.6 Å². The summed E-state index contributed by atoms with van der Waals surface area (Å²) in [5.74, 6) is 0. The highest BCUT2D eigenvalue weighted by Gasteiger charge is 1.92. The van der Waals surface area contributed by atoms with E-state index in [1.165, 1.54) is 0 Å². The van der Waals surface area contributed by atoms with Gasteiger partial charge >= 0.3 is 0 Å². The second-order valence-corrected chi connectivity index (χ2v) is 3.57. The van der Waals surface area contributed by atoms with Gasteiger partial charge in [0.15, 0.2) is 0 Å². The van der Waals surface area contributed by atoms with E-state index in [2.05, 4.69) is 4.98 Å². The van der Waals surface area contributed by atoms with Crippen LogP contribution in [0.2, 0.25) is 0 Å². The average molecular weight is 168 g/mol. The van der Waals surface area contributed by atoms with Gasteiger partial charge in [-0.1, -0.05) is 6.08 Å². The van der Waals surface area contributed by atoms with Crippen molar-refractivity contribution in [2.45, 2.75) is 19.9 Å². The number of aryl methyl sites for hydroxylation is 1. The van der Waals surface area contributed by atoms with Gasteiger partial charge in [-0.25, -0.2) is 4.98 Å². The lowest BCUT2D eigenvalue weighted by Gasteiger charge is -1.91. The zero-order valence-corrected chi connectivity index (χ0v) is 7.56. The Morgan fingerprint density at radius 1 is 1.73 bits per heavy atom. The first kappa shape index (κ1) is 8.43. The third-order valence-electron chi connectivity index (χ3n) is 1.21. The molecule has 0 aromatic carbocycles. The topological polar surface area (TPSA) is 38.9 Å². The van der Waals surface area contributed by atoms with Gasteiger partial charge in [-0.2, -0.15) is 0 Å². The number of thiazole rings is 1. The summed E-state index contributed by atoms with van der Waals surface area (Å²) in [6.07, 6.45) is 3.89. The number of hydrogen-bond acceptors (Lipinski definition) is 3. The first-order chi connectivity index (χ1) is 5.18. The minimum absolute atomic E-state index is 0.108. The van der Waals surface area contributed by atoms with Gasteiger partial charge in [0.05, 0.1) is 10.7 Å². The second-order valence-electron chi connectivity index (χ2n) is 2.51. The molecule has 1 unspecified atom stereocenters. The summed E-state index contributed by atoms with van der Waals surface area (Å²) in [5, 5.41) is 3.11. The maximum Gasteiger partial charge on any atom is 0.0901 e. The molecule has 11 heavy (non-hydrogen) atoms. The Labute approximate surface area is 70.8 Å². The summed E-state index contributed by atoms with van der Waals surface area (Å²) in [6, 6.07) is 0.108. The van der Waals surface area contributed by atoms with Gasteiger partial charge in [0, 0.05) is 11.4 Å². The highest BCUT2D eigenvalue weighted by Crippen LogP contribution is 2.09. The van der Waals surface area contributed by atoms with Crippen LogP contribution in [-0.4, -0.2) is 11.0 Å². The van der Waals surface area contributed by atoms with Crippen LogP contribution < -0.4 is 5.73 Å². The van der Waals surface area contributed by atoms with Crippen molar-refractivity contribution < 1.29 is 0 Å². The van der Waals surface area contributed by atoms with Crippen LogP contribution in [0.15, 0.2) is 11.5 Å². The Balaban J connectivity index is 2.64. The van der Waals surface area contributed by atoms with Crippen LogP contribution in [0, 0.1) is 6.92 Å². The molecule has 1 heterocycles. The molecule has 2 nitrogen and oxygen atoms in total. The van der Waals surface area contributed by atoms with Crippen LogP contribution >= 0.6 is 11.3 Å². The summed E-state index contributed by atoms with van der Waals surface area (Å²) in [7, 11) is 0. The van der Waals surface area contributed by atoms with Crippen LogP contribution in [0.3, 0.4) is 0 Å². The lowest BCUT2D eigenvalue weighted by Crippen LogP contribution is -2.09. The van der Waals surface area contributed by atoms with E-state index in [9.17, 15) is 0 Å². The van der Waals surface area contributed by atoms with Gasteiger partial charge < -0.3 is 5.73 Å². The van der Waals surface area contributed by atoms with Gasteiger partial charge in [0.2, 0.25) is 0 Å². The van der Waals surface area contributed by atoms with E-state index in [4.69, 9.17) is 5.73 Å². The number of hydrogen-bond donors (Lipinski definition) is 1. The summed E-state index contributed by atoms with van der Waals surface area (Å²) in [4.78, 5) is 4.26. The fourth-order valence-corrected chi connectivity index (χ4v) is 1.29. The van der Waals surface area contributed by atoms with Crippen LogP contribution in [-0.2, 0) is 0 Å². The molecule has 1 aromatic rings. The van der Waals surface area contributed by atoms with E-state index >= 15 is 0 Å².